The summed E-state index contributed by atoms with van der Waals surface area (Å²) in [4.78, 5) is 26.3. The van der Waals surface area contributed by atoms with Gasteiger partial charge in [0.2, 0.25) is 5.91 Å². The number of likely N-dealkylation sites (tertiary alicyclic amines) is 1. The summed E-state index contributed by atoms with van der Waals surface area (Å²) >= 11 is 1.51. The van der Waals surface area contributed by atoms with Gasteiger partial charge in [0.15, 0.2) is 0 Å². The van der Waals surface area contributed by atoms with Crippen LogP contribution in [0.5, 0.6) is 0 Å². The summed E-state index contributed by atoms with van der Waals surface area (Å²) < 4.78 is 0. The molecular weight excluding hydrogens is 298 g/mol. The van der Waals surface area contributed by atoms with Crippen LogP contribution in [0.1, 0.15) is 49.9 Å². The van der Waals surface area contributed by atoms with Gasteiger partial charge in [0.1, 0.15) is 0 Å². The predicted molar refractivity (Wildman–Crippen MR) is 88.9 cm³/mol. The Morgan fingerprint density at radius 3 is 2.68 bits per heavy atom. The van der Waals surface area contributed by atoms with E-state index in [0.717, 1.165) is 19.3 Å². The third kappa shape index (κ3) is 4.08. The largest absolute Gasteiger partial charge is 0.349 e. The summed E-state index contributed by atoms with van der Waals surface area (Å²) in [6, 6.07) is 1.95. The SMILES string of the molecule is CCCC(C)(N)C(=O)N1CCC(NC(=O)c2ccsc2)CC1. The van der Waals surface area contributed by atoms with Gasteiger partial charge >= 0.3 is 0 Å². The number of amides is 2. The van der Waals surface area contributed by atoms with Gasteiger partial charge in [-0.3, -0.25) is 9.59 Å². The van der Waals surface area contributed by atoms with Crippen molar-refractivity contribution in [3.8, 4) is 0 Å². The van der Waals surface area contributed by atoms with E-state index in [4.69, 9.17) is 5.73 Å². The molecule has 1 aliphatic heterocycles. The predicted octanol–water partition coefficient (Wildman–Crippen LogP) is 1.99. The highest BCUT2D eigenvalue weighted by Gasteiger charge is 2.34. The highest BCUT2D eigenvalue weighted by Crippen LogP contribution is 2.18. The lowest BCUT2D eigenvalue weighted by atomic mass is 9.94. The van der Waals surface area contributed by atoms with Crippen LogP contribution in [-0.4, -0.2) is 41.4 Å². The van der Waals surface area contributed by atoms with Crippen LogP contribution in [0.25, 0.3) is 0 Å². The van der Waals surface area contributed by atoms with Crippen molar-refractivity contribution in [2.24, 2.45) is 5.73 Å². The molecule has 2 amide bonds. The normalized spacial score (nSPS) is 18.8. The molecule has 0 radical (unpaired) electrons. The van der Waals surface area contributed by atoms with E-state index in [0.29, 0.717) is 25.1 Å². The van der Waals surface area contributed by atoms with Crippen LogP contribution in [0.2, 0.25) is 0 Å². The number of rotatable bonds is 5. The fourth-order valence-corrected chi connectivity index (χ4v) is 3.51. The van der Waals surface area contributed by atoms with E-state index in [1.54, 1.807) is 0 Å². The van der Waals surface area contributed by atoms with Crippen LogP contribution in [-0.2, 0) is 4.79 Å². The van der Waals surface area contributed by atoms with E-state index in [9.17, 15) is 9.59 Å². The monoisotopic (exact) mass is 323 g/mol. The molecule has 3 N–H and O–H groups in total. The van der Waals surface area contributed by atoms with Gasteiger partial charge < -0.3 is 16.0 Å². The molecule has 1 unspecified atom stereocenters. The Balaban J connectivity index is 1.83. The highest BCUT2D eigenvalue weighted by molar-refractivity contribution is 7.08. The molecule has 1 aliphatic rings. The van der Waals surface area contributed by atoms with E-state index in [1.807, 2.05) is 35.6 Å². The van der Waals surface area contributed by atoms with Gasteiger partial charge in [-0.25, -0.2) is 0 Å². The van der Waals surface area contributed by atoms with Crippen molar-refractivity contribution in [1.29, 1.82) is 0 Å². The third-order valence-corrected chi connectivity index (χ3v) is 4.84. The second-order valence-electron chi connectivity index (χ2n) is 6.22. The first kappa shape index (κ1) is 17.0. The van der Waals surface area contributed by atoms with Crippen molar-refractivity contribution in [3.63, 3.8) is 0 Å². The Morgan fingerprint density at radius 1 is 1.45 bits per heavy atom. The summed E-state index contributed by atoms with van der Waals surface area (Å²) in [6.07, 6.45) is 3.15. The molecule has 6 heteroatoms. The fourth-order valence-electron chi connectivity index (χ4n) is 2.88. The Bertz CT molecular complexity index is 505. The van der Waals surface area contributed by atoms with Gasteiger partial charge in [-0.2, -0.15) is 11.3 Å². The zero-order valence-electron chi connectivity index (χ0n) is 13.3. The van der Waals surface area contributed by atoms with E-state index in [2.05, 4.69) is 5.32 Å². The molecule has 1 atom stereocenters. The van der Waals surface area contributed by atoms with E-state index in [-0.39, 0.29) is 17.9 Å². The first-order chi connectivity index (χ1) is 10.4. The molecule has 1 aromatic heterocycles. The molecule has 0 spiro atoms. The first-order valence-electron chi connectivity index (χ1n) is 7.85. The van der Waals surface area contributed by atoms with Crippen molar-refractivity contribution in [2.75, 3.05) is 13.1 Å². The number of nitrogens with one attached hydrogen (secondary N) is 1. The quantitative estimate of drug-likeness (QED) is 0.870. The second kappa shape index (κ2) is 7.24. The molecule has 1 saturated heterocycles. The zero-order chi connectivity index (χ0) is 16.2. The number of carbonyl (C=O) groups excluding carboxylic acids is 2. The number of carbonyl (C=O) groups is 2. The summed E-state index contributed by atoms with van der Waals surface area (Å²) in [5.41, 5.74) is 6.05. The molecule has 1 fully saturated rings. The molecule has 122 valence electrons. The lowest BCUT2D eigenvalue weighted by molar-refractivity contribution is -0.137. The van der Waals surface area contributed by atoms with Crippen LogP contribution < -0.4 is 11.1 Å². The van der Waals surface area contributed by atoms with Crippen LogP contribution in [0, 0.1) is 0 Å². The van der Waals surface area contributed by atoms with Gasteiger partial charge in [0, 0.05) is 30.1 Å². The number of nitrogens with zero attached hydrogens (tertiary/aromatic N) is 1. The van der Waals surface area contributed by atoms with Crippen LogP contribution in [0.4, 0.5) is 0 Å². The molecule has 0 aromatic carbocycles. The summed E-state index contributed by atoms with van der Waals surface area (Å²) in [5, 5.41) is 6.78. The van der Waals surface area contributed by atoms with Gasteiger partial charge in [-0.15, -0.1) is 0 Å². The van der Waals surface area contributed by atoms with Crippen molar-refractivity contribution in [2.45, 2.75) is 51.1 Å². The molecule has 0 saturated carbocycles. The lowest BCUT2D eigenvalue weighted by Gasteiger charge is -2.37. The van der Waals surface area contributed by atoms with Crippen LogP contribution in [0.3, 0.4) is 0 Å². The van der Waals surface area contributed by atoms with Crippen molar-refractivity contribution >= 4 is 23.2 Å². The zero-order valence-corrected chi connectivity index (χ0v) is 14.1. The number of hydrogen-bond acceptors (Lipinski definition) is 4. The van der Waals surface area contributed by atoms with Crippen molar-refractivity contribution in [1.82, 2.24) is 10.2 Å². The number of nitrogens with two attached hydrogens (primary N) is 1. The van der Waals surface area contributed by atoms with Crippen molar-refractivity contribution in [3.05, 3.63) is 22.4 Å². The maximum Gasteiger partial charge on any atom is 0.252 e. The molecule has 1 aromatic rings. The Labute approximate surface area is 135 Å². The summed E-state index contributed by atoms with van der Waals surface area (Å²) in [5.74, 6) is -0.00219. The van der Waals surface area contributed by atoms with Crippen LogP contribution in [0.15, 0.2) is 16.8 Å². The maximum atomic E-state index is 12.4. The first-order valence-corrected chi connectivity index (χ1v) is 8.79. The van der Waals surface area contributed by atoms with Gasteiger partial charge in [0.25, 0.3) is 5.91 Å². The average molecular weight is 323 g/mol. The fraction of sp³-hybridized carbons (Fsp3) is 0.625. The van der Waals surface area contributed by atoms with Crippen molar-refractivity contribution < 1.29 is 9.59 Å². The van der Waals surface area contributed by atoms with Crippen LogP contribution >= 0.6 is 11.3 Å². The van der Waals surface area contributed by atoms with Gasteiger partial charge in [-0.05, 0) is 37.6 Å². The molecule has 2 rings (SSSR count). The number of thiophene rings is 1. The second-order valence-corrected chi connectivity index (χ2v) is 7.00. The number of piperidine rings is 1. The minimum Gasteiger partial charge on any atom is -0.349 e. The molecule has 5 nitrogen and oxygen atoms in total. The van der Waals surface area contributed by atoms with E-state index >= 15 is 0 Å². The molecule has 2 heterocycles. The minimum absolute atomic E-state index is 0.0250. The highest BCUT2D eigenvalue weighted by atomic mass is 32.1. The minimum atomic E-state index is -0.776. The maximum absolute atomic E-state index is 12.4. The molecule has 0 aliphatic carbocycles. The Kier molecular flexibility index (Phi) is 5.58. The molecule has 0 bridgehead atoms. The van der Waals surface area contributed by atoms with Gasteiger partial charge in [0.05, 0.1) is 5.54 Å². The summed E-state index contributed by atoms with van der Waals surface area (Å²) in [6.45, 7) is 5.15. The Hall–Kier alpha value is -1.40. The van der Waals surface area contributed by atoms with Gasteiger partial charge in [-0.1, -0.05) is 13.3 Å². The average Bonchev–Trinajstić information content (AvgIpc) is 3.01. The smallest absolute Gasteiger partial charge is 0.252 e. The molecule has 22 heavy (non-hydrogen) atoms. The lowest BCUT2D eigenvalue weighted by Crippen LogP contribution is -2.56. The number of hydrogen-bond donors (Lipinski definition) is 2. The topological polar surface area (TPSA) is 75.4 Å². The van der Waals surface area contributed by atoms with E-state index in [1.165, 1.54) is 11.3 Å². The Morgan fingerprint density at radius 2 is 2.14 bits per heavy atom. The third-order valence-electron chi connectivity index (χ3n) is 4.16. The van der Waals surface area contributed by atoms with E-state index < -0.39 is 5.54 Å². The standard InChI is InChI=1S/C16H25N3O2S/c1-3-7-16(2,17)15(21)19-8-4-13(5-9-19)18-14(20)12-6-10-22-11-12/h6,10-11,13H,3-5,7-9,17H2,1-2H3,(H,18,20). The summed E-state index contributed by atoms with van der Waals surface area (Å²) in [7, 11) is 0. The molecular formula is C16H25N3O2S.